The largest absolute Gasteiger partial charge is 0.448 e. The summed E-state index contributed by atoms with van der Waals surface area (Å²) in [6, 6.07) is 13.4. The van der Waals surface area contributed by atoms with E-state index in [1.807, 2.05) is 24.3 Å². The number of amides is 1. The molecule has 0 aliphatic rings. The fourth-order valence-corrected chi connectivity index (χ4v) is 3.48. The molecule has 9 heteroatoms. The van der Waals surface area contributed by atoms with Gasteiger partial charge >= 0.3 is 6.09 Å². The molecule has 3 rings (SSSR count). The van der Waals surface area contributed by atoms with E-state index in [4.69, 9.17) is 16.3 Å². The molecule has 1 amide bonds. The summed E-state index contributed by atoms with van der Waals surface area (Å²) in [5, 5.41) is 23.6. The lowest BCUT2D eigenvalue weighted by Crippen LogP contribution is -2.39. The maximum Gasteiger partial charge on any atom is 0.412 e. The smallest absolute Gasteiger partial charge is 0.412 e. The quantitative estimate of drug-likeness (QED) is 0.448. The number of fused-ring (bicyclic) bond motifs is 1. The van der Waals surface area contributed by atoms with Crippen molar-refractivity contribution in [1.29, 1.82) is 0 Å². The van der Waals surface area contributed by atoms with Crippen molar-refractivity contribution in [2.45, 2.75) is 25.1 Å². The van der Waals surface area contributed by atoms with Crippen LogP contribution in [0.4, 0.5) is 15.0 Å². The van der Waals surface area contributed by atoms with E-state index in [0.29, 0.717) is 11.4 Å². The highest BCUT2D eigenvalue weighted by molar-refractivity contribution is 6.31. The van der Waals surface area contributed by atoms with Crippen LogP contribution in [0.2, 0.25) is 5.02 Å². The van der Waals surface area contributed by atoms with Crippen molar-refractivity contribution >= 4 is 34.3 Å². The van der Waals surface area contributed by atoms with Gasteiger partial charge in [0, 0.05) is 24.2 Å². The van der Waals surface area contributed by atoms with Gasteiger partial charge in [-0.05, 0) is 36.6 Å². The second-order valence-electron chi connectivity index (χ2n) is 7.49. The van der Waals surface area contributed by atoms with E-state index in [9.17, 15) is 19.4 Å². The summed E-state index contributed by atoms with van der Waals surface area (Å²) in [6.07, 6.45) is 0.0937. The number of carbonyl (C=O) groups excluding carboxylic acids is 1. The van der Waals surface area contributed by atoms with Crippen molar-refractivity contribution in [3.63, 3.8) is 0 Å². The third kappa shape index (κ3) is 6.37. The third-order valence-corrected chi connectivity index (χ3v) is 5.52. The number of pyridine rings is 1. The highest BCUT2D eigenvalue weighted by Crippen LogP contribution is 2.22. The Morgan fingerprint density at radius 2 is 2.00 bits per heavy atom. The Labute approximate surface area is 190 Å². The Balaban J connectivity index is 1.63. The zero-order valence-electron chi connectivity index (χ0n) is 17.5. The molecule has 0 radical (unpaired) electrons. The van der Waals surface area contributed by atoms with Crippen LogP contribution in [0, 0.1) is 5.82 Å². The van der Waals surface area contributed by atoms with Gasteiger partial charge in [0.25, 0.3) is 0 Å². The number of hydrogen-bond acceptors (Lipinski definition) is 6. The number of aromatic nitrogens is 1. The summed E-state index contributed by atoms with van der Waals surface area (Å²) >= 11 is 6.04. The second kappa shape index (κ2) is 11.2. The molecule has 0 aliphatic heterocycles. The molecule has 3 N–H and O–H groups in total. The van der Waals surface area contributed by atoms with Crippen LogP contribution in [0.5, 0.6) is 0 Å². The molecular formula is C23H25ClFN3O4. The molecule has 170 valence electrons. The van der Waals surface area contributed by atoms with E-state index in [2.05, 4.69) is 10.3 Å². The summed E-state index contributed by atoms with van der Waals surface area (Å²) in [4.78, 5) is 18.3. The zero-order valence-corrected chi connectivity index (χ0v) is 18.3. The van der Waals surface area contributed by atoms with Crippen LogP contribution in [-0.2, 0) is 11.3 Å². The van der Waals surface area contributed by atoms with Gasteiger partial charge in [0.1, 0.15) is 18.2 Å². The van der Waals surface area contributed by atoms with Gasteiger partial charge < -0.3 is 14.9 Å². The molecule has 2 atom stereocenters. The SMILES string of the molecule is CN(Cc1cccc(F)c1Cl)[C@@H](COC(=O)Nc1cc2ccccc2cn1)C[C@H](O)CO. The Morgan fingerprint density at radius 1 is 1.25 bits per heavy atom. The van der Waals surface area contributed by atoms with E-state index in [1.54, 1.807) is 36.3 Å². The zero-order chi connectivity index (χ0) is 23.1. The van der Waals surface area contributed by atoms with Gasteiger partial charge in [0.15, 0.2) is 0 Å². The average molecular weight is 462 g/mol. The lowest BCUT2D eigenvalue weighted by Gasteiger charge is -2.29. The van der Waals surface area contributed by atoms with Crippen LogP contribution < -0.4 is 5.32 Å². The lowest BCUT2D eigenvalue weighted by atomic mass is 10.1. The number of rotatable bonds is 9. The van der Waals surface area contributed by atoms with Gasteiger partial charge in [0.2, 0.25) is 0 Å². The monoisotopic (exact) mass is 461 g/mol. The number of carbonyl (C=O) groups is 1. The molecule has 0 saturated heterocycles. The van der Waals surface area contributed by atoms with Gasteiger partial charge in [-0.2, -0.15) is 0 Å². The van der Waals surface area contributed by atoms with Gasteiger partial charge in [-0.3, -0.25) is 10.2 Å². The molecule has 0 saturated carbocycles. The van der Waals surface area contributed by atoms with Crippen LogP contribution in [0.1, 0.15) is 12.0 Å². The molecule has 1 aromatic heterocycles. The topological polar surface area (TPSA) is 94.9 Å². The summed E-state index contributed by atoms with van der Waals surface area (Å²) in [6.45, 7) is -0.241. The molecule has 1 heterocycles. The van der Waals surface area contributed by atoms with Gasteiger partial charge in [0.05, 0.1) is 17.7 Å². The standard InChI is InChI=1S/C23H25ClFN3O4/c1-28(12-17-7-4-8-20(25)22(17)24)18(10-19(30)13-29)14-32-23(31)27-21-9-15-5-2-3-6-16(15)11-26-21/h2-9,11,18-19,29-30H,10,12-14H2,1H3,(H,26,27,31)/t18-,19+/m1/s1. The number of ether oxygens (including phenoxy) is 1. The number of likely N-dealkylation sites (N-methyl/N-ethyl adjacent to an activating group) is 1. The van der Waals surface area contributed by atoms with Gasteiger partial charge in [-0.15, -0.1) is 0 Å². The van der Waals surface area contributed by atoms with Crippen LogP contribution in [-0.4, -0.2) is 58.6 Å². The number of benzene rings is 2. The first-order valence-corrected chi connectivity index (χ1v) is 10.5. The van der Waals surface area contributed by atoms with Crippen molar-refractivity contribution in [3.05, 3.63) is 71.1 Å². The van der Waals surface area contributed by atoms with Crippen LogP contribution >= 0.6 is 11.6 Å². The first kappa shape index (κ1) is 23.9. The summed E-state index contributed by atoms with van der Waals surface area (Å²) in [5.41, 5.74) is 0.558. The summed E-state index contributed by atoms with van der Waals surface area (Å²) in [5.74, 6) is -0.177. The highest BCUT2D eigenvalue weighted by atomic mass is 35.5. The first-order valence-electron chi connectivity index (χ1n) is 10.1. The predicted molar refractivity (Wildman–Crippen MR) is 121 cm³/mol. The Hall–Kier alpha value is -2.78. The van der Waals surface area contributed by atoms with Crippen molar-refractivity contribution in [1.82, 2.24) is 9.88 Å². The Morgan fingerprint density at radius 3 is 2.75 bits per heavy atom. The number of aliphatic hydroxyl groups excluding tert-OH is 2. The fourth-order valence-electron chi connectivity index (χ4n) is 3.30. The maximum absolute atomic E-state index is 13.7. The number of nitrogens with zero attached hydrogens (tertiary/aromatic N) is 2. The van der Waals surface area contributed by atoms with Crippen LogP contribution in [0.25, 0.3) is 10.8 Å². The van der Waals surface area contributed by atoms with Gasteiger partial charge in [-0.25, -0.2) is 14.2 Å². The average Bonchev–Trinajstić information content (AvgIpc) is 2.79. The molecule has 0 fully saturated rings. The van der Waals surface area contributed by atoms with E-state index < -0.39 is 30.7 Å². The number of anilines is 1. The second-order valence-corrected chi connectivity index (χ2v) is 7.87. The van der Waals surface area contributed by atoms with E-state index in [1.165, 1.54) is 6.07 Å². The van der Waals surface area contributed by atoms with Crippen molar-refractivity contribution in [3.8, 4) is 0 Å². The van der Waals surface area contributed by atoms with Crippen molar-refractivity contribution in [2.24, 2.45) is 0 Å². The molecule has 3 aromatic rings. The highest BCUT2D eigenvalue weighted by Gasteiger charge is 2.22. The fraction of sp³-hybridized carbons (Fsp3) is 0.304. The minimum Gasteiger partial charge on any atom is -0.448 e. The molecule has 0 aliphatic carbocycles. The molecule has 0 unspecified atom stereocenters. The van der Waals surface area contributed by atoms with Crippen LogP contribution in [0.3, 0.4) is 0 Å². The lowest BCUT2D eigenvalue weighted by molar-refractivity contribution is 0.0382. The molecule has 0 spiro atoms. The molecule has 32 heavy (non-hydrogen) atoms. The number of aliphatic hydroxyl groups is 2. The molecule has 2 aromatic carbocycles. The third-order valence-electron chi connectivity index (χ3n) is 5.10. The van der Waals surface area contributed by atoms with Crippen LogP contribution in [0.15, 0.2) is 54.7 Å². The van der Waals surface area contributed by atoms with E-state index >= 15 is 0 Å². The number of nitrogens with one attached hydrogen (secondary N) is 1. The molecule has 0 bridgehead atoms. The number of halogens is 2. The van der Waals surface area contributed by atoms with Crippen molar-refractivity contribution < 1.29 is 24.1 Å². The Bertz CT molecular complexity index is 1070. The minimum absolute atomic E-state index is 0.0156. The minimum atomic E-state index is -1.00. The van der Waals surface area contributed by atoms with Gasteiger partial charge in [-0.1, -0.05) is 48.0 Å². The normalized spacial score (nSPS) is 13.2. The molecule has 7 nitrogen and oxygen atoms in total. The number of hydrogen-bond donors (Lipinski definition) is 3. The maximum atomic E-state index is 13.7. The summed E-state index contributed by atoms with van der Waals surface area (Å²) < 4.78 is 19.1. The Kier molecular flexibility index (Phi) is 8.35. The first-order chi connectivity index (χ1) is 15.4. The van der Waals surface area contributed by atoms with Crippen molar-refractivity contribution in [2.75, 3.05) is 25.6 Å². The van der Waals surface area contributed by atoms with E-state index in [0.717, 1.165) is 10.8 Å². The van der Waals surface area contributed by atoms with E-state index in [-0.39, 0.29) is 24.6 Å². The molecular weight excluding hydrogens is 437 g/mol. The predicted octanol–water partition coefficient (Wildman–Crippen LogP) is 3.82. The summed E-state index contributed by atoms with van der Waals surface area (Å²) in [7, 11) is 1.74.